The summed E-state index contributed by atoms with van der Waals surface area (Å²) in [7, 11) is 1.52. The maximum Gasteiger partial charge on any atom is 0.310 e. The predicted octanol–water partition coefficient (Wildman–Crippen LogP) is 2.96. The number of esters is 1. The summed E-state index contributed by atoms with van der Waals surface area (Å²) < 4.78 is 15.6. The molecule has 0 aliphatic rings. The van der Waals surface area contributed by atoms with E-state index in [0.717, 1.165) is 0 Å². The maximum absolute atomic E-state index is 11.2. The van der Waals surface area contributed by atoms with Crippen molar-refractivity contribution in [1.29, 1.82) is 0 Å². The molecule has 0 saturated heterocycles. The van der Waals surface area contributed by atoms with E-state index < -0.39 is 0 Å². The molecule has 0 spiro atoms. The number of furan rings is 1. The minimum Gasteiger partial charge on any atom is -0.490 e. The van der Waals surface area contributed by atoms with Crippen LogP contribution in [0.1, 0.15) is 32.4 Å². The highest BCUT2D eigenvalue weighted by Crippen LogP contribution is 2.23. The zero-order valence-electron chi connectivity index (χ0n) is 9.78. The summed E-state index contributed by atoms with van der Waals surface area (Å²) in [5, 5.41) is 0. The first kappa shape index (κ1) is 12.4. The number of allylic oxidation sites excluding steroid dienone is 1. The molecule has 0 aromatic carbocycles. The molecule has 0 amide bonds. The lowest BCUT2D eigenvalue weighted by Gasteiger charge is -2.10. The van der Waals surface area contributed by atoms with Crippen molar-refractivity contribution in [3.05, 3.63) is 29.9 Å². The van der Waals surface area contributed by atoms with Gasteiger partial charge in [0.2, 0.25) is 0 Å². The van der Waals surface area contributed by atoms with Crippen LogP contribution in [0.25, 0.3) is 5.76 Å². The van der Waals surface area contributed by atoms with Gasteiger partial charge in [-0.15, -0.1) is 0 Å². The molecule has 0 fully saturated rings. The molecule has 1 aromatic rings. The van der Waals surface area contributed by atoms with E-state index in [9.17, 15) is 4.79 Å². The van der Waals surface area contributed by atoms with E-state index in [2.05, 4.69) is 0 Å². The highest BCUT2D eigenvalue weighted by atomic mass is 16.6. The fraction of sp³-hybridized carbons (Fsp3) is 0.417. The van der Waals surface area contributed by atoms with E-state index in [4.69, 9.17) is 13.9 Å². The number of carbonyl (C=O) groups is 1. The molecule has 0 aliphatic carbocycles. The van der Waals surface area contributed by atoms with Crippen LogP contribution in [0.15, 0.2) is 28.6 Å². The molecule has 0 atom stereocenters. The van der Waals surface area contributed by atoms with E-state index in [1.54, 1.807) is 25.3 Å². The average molecular weight is 224 g/mol. The Bertz CT molecular complexity index is 362. The Hall–Kier alpha value is -1.71. The Balaban J connectivity index is 2.98. The summed E-state index contributed by atoms with van der Waals surface area (Å²) >= 11 is 0. The summed E-state index contributed by atoms with van der Waals surface area (Å²) in [6.07, 6.45) is 2.44. The molecular weight excluding hydrogens is 208 g/mol. The van der Waals surface area contributed by atoms with Gasteiger partial charge in [0.25, 0.3) is 0 Å². The van der Waals surface area contributed by atoms with Crippen molar-refractivity contribution in [2.24, 2.45) is 0 Å². The molecule has 0 bridgehead atoms. The fourth-order valence-corrected chi connectivity index (χ4v) is 1.25. The summed E-state index contributed by atoms with van der Waals surface area (Å²) in [5.41, 5.74) is 0. The van der Waals surface area contributed by atoms with Gasteiger partial charge in [0.1, 0.15) is 0 Å². The van der Waals surface area contributed by atoms with Gasteiger partial charge in [0, 0.05) is 12.8 Å². The van der Waals surface area contributed by atoms with Crippen LogP contribution < -0.4 is 0 Å². The number of hydrogen-bond donors (Lipinski definition) is 0. The molecule has 0 radical (unpaired) electrons. The largest absolute Gasteiger partial charge is 0.490 e. The van der Waals surface area contributed by atoms with Gasteiger partial charge >= 0.3 is 5.97 Å². The molecule has 16 heavy (non-hydrogen) atoms. The van der Waals surface area contributed by atoms with E-state index in [-0.39, 0.29) is 5.97 Å². The first-order valence-electron chi connectivity index (χ1n) is 5.24. The van der Waals surface area contributed by atoms with Gasteiger partial charge in [-0.05, 0) is 12.1 Å². The minimum atomic E-state index is -0.280. The SMILES string of the molecule is CCC(=O)OC(CC)=C(OC)c1ccco1. The van der Waals surface area contributed by atoms with Gasteiger partial charge in [0.15, 0.2) is 17.3 Å². The van der Waals surface area contributed by atoms with Crippen LogP contribution in [0.3, 0.4) is 0 Å². The highest BCUT2D eigenvalue weighted by molar-refractivity contribution is 5.72. The van der Waals surface area contributed by atoms with E-state index in [1.165, 1.54) is 7.11 Å². The Morgan fingerprint density at radius 1 is 1.38 bits per heavy atom. The van der Waals surface area contributed by atoms with Crippen LogP contribution in [0.2, 0.25) is 0 Å². The Kier molecular flexibility index (Phi) is 4.64. The van der Waals surface area contributed by atoms with Gasteiger partial charge in [-0.1, -0.05) is 13.8 Å². The van der Waals surface area contributed by atoms with Crippen molar-refractivity contribution in [2.75, 3.05) is 7.11 Å². The topological polar surface area (TPSA) is 48.7 Å². The Morgan fingerprint density at radius 3 is 2.56 bits per heavy atom. The Morgan fingerprint density at radius 2 is 2.12 bits per heavy atom. The van der Waals surface area contributed by atoms with Crippen molar-refractivity contribution >= 4 is 11.7 Å². The fourth-order valence-electron chi connectivity index (χ4n) is 1.25. The van der Waals surface area contributed by atoms with Gasteiger partial charge < -0.3 is 13.9 Å². The number of ether oxygens (including phenoxy) is 2. The Labute approximate surface area is 94.8 Å². The van der Waals surface area contributed by atoms with Crippen LogP contribution in [-0.4, -0.2) is 13.1 Å². The van der Waals surface area contributed by atoms with Crippen LogP contribution in [0, 0.1) is 0 Å². The molecule has 0 aliphatic heterocycles. The molecule has 1 heterocycles. The molecule has 4 heteroatoms. The highest BCUT2D eigenvalue weighted by Gasteiger charge is 2.15. The molecular formula is C12H16O4. The lowest BCUT2D eigenvalue weighted by molar-refractivity contribution is -0.139. The summed E-state index contributed by atoms with van der Waals surface area (Å²) in [4.78, 5) is 11.2. The predicted molar refractivity (Wildman–Crippen MR) is 59.3 cm³/mol. The smallest absolute Gasteiger partial charge is 0.310 e. The molecule has 4 nitrogen and oxygen atoms in total. The van der Waals surface area contributed by atoms with Crippen LogP contribution in [0.5, 0.6) is 0 Å². The summed E-state index contributed by atoms with van der Waals surface area (Å²) in [6.45, 7) is 3.63. The monoisotopic (exact) mass is 224 g/mol. The summed E-state index contributed by atoms with van der Waals surface area (Å²) in [5.74, 6) is 1.24. The quantitative estimate of drug-likeness (QED) is 0.570. The molecule has 0 N–H and O–H groups in total. The second kappa shape index (κ2) is 6.00. The molecule has 0 unspecified atom stereocenters. The molecule has 0 saturated carbocycles. The van der Waals surface area contributed by atoms with E-state index >= 15 is 0 Å². The van der Waals surface area contributed by atoms with Gasteiger partial charge in [-0.25, -0.2) is 0 Å². The third-order valence-corrected chi connectivity index (χ3v) is 2.05. The van der Waals surface area contributed by atoms with Crippen molar-refractivity contribution in [2.45, 2.75) is 26.7 Å². The maximum atomic E-state index is 11.2. The molecule has 1 aromatic heterocycles. The van der Waals surface area contributed by atoms with Crippen LogP contribution >= 0.6 is 0 Å². The number of rotatable bonds is 5. The minimum absolute atomic E-state index is 0.280. The lowest BCUT2D eigenvalue weighted by Crippen LogP contribution is -2.05. The van der Waals surface area contributed by atoms with Crippen molar-refractivity contribution in [1.82, 2.24) is 0 Å². The van der Waals surface area contributed by atoms with E-state index in [0.29, 0.717) is 30.1 Å². The average Bonchev–Trinajstić information content (AvgIpc) is 2.82. The third-order valence-electron chi connectivity index (χ3n) is 2.05. The van der Waals surface area contributed by atoms with Crippen LogP contribution in [0.4, 0.5) is 0 Å². The number of methoxy groups -OCH3 is 1. The van der Waals surface area contributed by atoms with Crippen molar-refractivity contribution in [3.8, 4) is 0 Å². The van der Waals surface area contributed by atoms with Gasteiger partial charge in [-0.3, -0.25) is 4.79 Å². The lowest BCUT2D eigenvalue weighted by atomic mass is 10.2. The second-order valence-corrected chi connectivity index (χ2v) is 3.11. The molecule has 88 valence electrons. The zero-order chi connectivity index (χ0) is 12.0. The van der Waals surface area contributed by atoms with Crippen molar-refractivity contribution < 1.29 is 18.7 Å². The van der Waals surface area contributed by atoms with Crippen LogP contribution in [-0.2, 0) is 14.3 Å². The first-order valence-corrected chi connectivity index (χ1v) is 5.24. The van der Waals surface area contributed by atoms with Gasteiger partial charge in [0.05, 0.1) is 13.4 Å². The second-order valence-electron chi connectivity index (χ2n) is 3.11. The van der Waals surface area contributed by atoms with Crippen molar-refractivity contribution in [3.63, 3.8) is 0 Å². The number of hydrogen-bond acceptors (Lipinski definition) is 4. The third kappa shape index (κ3) is 2.89. The van der Waals surface area contributed by atoms with E-state index in [1.807, 2.05) is 6.92 Å². The normalized spacial score (nSPS) is 11.9. The van der Waals surface area contributed by atoms with Gasteiger partial charge in [-0.2, -0.15) is 0 Å². The first-order chi connectivity index (χ1) is 7.72. The number of carbonyl (C=O) groups excluding carboxylic acids is 1. The molecule has 1 rings (SSSR count). The zero-order valence-corrected chi connectivity index (χ0v) is 9.78. The standard InChI is InChI=1S/C12H16O4/c1-4-9(16-11(13)5-2)12(14-3)10-7-6-8-15-10/h6-8H,4-5H2,1-3H3. The summed E-state index contributed by atoms with van der Waals surface area (Å²) in [6, 6.07) is 3.51.